The molecule has 0 saturated heterocycles. The van der Waals surface area contributed by atoms with Gasteiger partial charge in [0.1, 0.15) is 28.6 Å². The molecule has 0 aromatic heterocycles. The van der Waals surface area contributed by atoms with Crippen LogP contribution in [0, 0.1) is 0 Å². The summed E-state index contributed by atoms with van der Waals surface area (Å²) in [6.45, 7) is 5.29. The number of rotatable bonds is 6. The first-order valence-corrected chi connectivity index (χ1v) is 9.02. The van der Waals surface area contributed by atoms with E-state index in [0.29, 0.717) is 17.1 Å². The zero-order valence-electron chi connectivity index (χ0n) is 16.7. The molecule has 7 heteroatoms. The van der Waals surface area contributed by atoms with Crippen molar-refractivity contribution in [3.63, 3.8) is 0 Å². The van der Waals surface area contributed by atoms with Crippen molar-refractivity contribution in [2.75, 3.05) is 14.2 Å². The standard InChI is InChI=1S/C21H24O5.H2OP/c1-21(2,3)26-20(23)17(14-10-7-6-8-11-14)19(22)18-15(24-4)12-9-13-16(18)25-5;1-2/h6-13,17H,1-5H3;2H2/q;+1. The van der Waals surface area contributed by atoms with E-state index in [0.717, 1.165) is 0 Å². The molecule has 0 heterocycles. The molecule has 2 atom stereocenters. The van der Waals surface area contributed by atoms with Crippen molar-refractivity contribution in [1.29, 1.82) is 0 Å². The molecule has 6 nitrogen and oxygen atoms in total. The third kappa shape index (κ3) is 5.89. The Kier molecular flexibility index (Phi) is 8.80. The number of ether oxygens (including phenoxy) is 3. The summed E-state index contributed by atoms with van der Waals surface area (Å²) in [5.74, 6) is -1.46. The van der Waals surface area contributed by atoms with Gasteiger partial charge in [-0.2, -0.15) is 0 Å². The second-order valence-electron chi connectivity index (χ2n) is 6.78. The molecule has 0 bridgehead atoms. The molecule has 2 rings (SSSR count). The number of carbonyl (C=O) groups excluding carboxylic acids is 2. The predicted octanol–water partition coefficient (Wildman–Crippen LogP) is 4.22. The van der Waals surface area contributed by atoms with E-state index in [1.807, 2.05) is 6.07 Å². The van der Waals surface area contributed by atoms with E-state index in [2.05, 4.69) is 0 Å². The molecular formula is C21H26O6P+. The molecule has 0 N–H and O–H groups in total. The lowest BCUT2D eigenvalue weighted by atomic mass is 9.89. The van der Waals surface area contributed by atoms with Crippen LogP contribution in [0.2, 0.25) is 0 Å². The molecule has 2 aromatic carbocycles. The highest BCUT2D eigenvalue weighted by Gasteiger charge is 2.36. The first-order valence-electron chi connectivity index (χ1n) is 8.55. The van der Waals surface area contributed by atoms with Crippen LogP contribution in [-0.4, -0.2) is 31.6 Å². The first kappa shape index (κ1) is 23.3. The lowest BCUT2D eigenvalue weighted by Crippen LogP contribution is -2.31. The minimum absolute atomic E-state index is 0.220. The second-order valence-corrected chi connectivity index (χ2v) is 6.78. The zero-order valence-corrected chi connectivity index (χ0v) is 17.9. The van der Waals surface area contributed by atoms with Crippen LogP contribution >= 0.6 is 9.12 Å². The Morgan fingerprint density at radius 3 is 1.79 bits per heavy atom. The van der Waals surface area contributed by atoms with Crippen LogP contribution in [0.3, 0.4) is 0 Å². The first-order chi connectivity index (χ1) is 13.3. The number of ketones is 1. The van der Waals surface area contributed by atoms with Gasteiger partial charge in [-0.05, 0) is 38.5 Å². The van der Waals surface area contributed by atoms with Crippen LogP contribution in [0.5, 0.6) is 11.5 Å². The minimum atomic E-state index is -1.11. The van der Waals surface area contributed by atoms with Crippen LogP contribution in [0.4, 0.5) is 0 Å². The van der Waals surface area contributed by atoms with Crippen molar-refractivity contribution in [2.45, 2.75) is 32.3 Å². The fourth-order valence-electron chi connectivity index (χ4n) is 2.64. The largest absolute Gasteiger partial charge is 0.496 e. The number of esters is 1. The van der Waals surface area contributed by atoms with E-state index in [1.54, 1.807) is 63.2 Å². The van der Waals surface area contributed by atoms with Crippen molar-refractivity contribution < 1.29 is 28.4 Å². The maximum atomic E-state index is 13.4. The summed E-state index contributed by atoms with van der Waals surface area (Å²) >= 11 is 0. The summed E-state index contributed by atoms with van der Waals surface area (Å²) in [6, 6.07) is 13.9. The Morgan fingerprint density at radius 1 is 0.857 bits per heavy atom. The molecule has 0 aliphatic rings. The van der Waals surface area contributed by atoms with Gasteiger partial charge in [-0.15, -0.1) is 0 Å². The number of methoxy groups -OCH3 is 2. The second kappa shape index (κ2) is 10.6. The highest BCUT2D eigenvalue weighted by atomic mass is 31.0. The van der Waals surface area contributed by atoms with E-state index < -0.39 is 23.3 Å². The van der Waals surface area contributed by atoms with Gasteiger partial charge >= 0.3 is 15.1 Å². The molecule has 0 saturated carbocycles. The van der Waals surface area contributed by atoms with Gasteiger partial charge in [0, 0.05) is 0 Å². The summed E-state index contributed by atoms with van der Waals surface area (Å²) in [4.78, 5) is 26.2. The van der Waals surface area contributed by atoms with Gasteiger partial charge in [0.2, 0.25) is 0 Å². The fraction of sp³-hybridized carbons (Fsp3) is 0.333. The van der Waals surface area contributed by atoms with Crippen LogP contribution < -0.4 is 9.47 Å². The molecule has 0 amide bonds. The molecule has 2 unspecified atom stereocenters. The van der Waals surface area contributed by atoms with Crippen LogP contribution in [0.25, 0.3) is 0 Å². The molecule has 0 aliphatic heterocycles. The number of benzene rings is 2. The molecular weight excluding hydrogens is 379 g/mol. The molecule has 0 radical (unpaired) electrons. The van der Waals surface area contributed by atoms with Gasteiger partial charge in [0.15, 0.2) is 5.78 Å². The van der Waals surface area contributed by atoms with Crippen molar-refractivity contribution in [1.82, 2.24) is 0 Å². The van der Waals surface area contributed by atoms with Crippen molar-refractivity contribution in [3.05, 3.63) is 59.7 Å². The maximum absolute atomic E-state index is 13.4. The smallest absolute Gasteiger partial charge is 0.321 e. The third-order valence-electron chi connectivity index (χ3n) is 3.71. The Bertz CT molecular complexity index is 776. The molecule has 28 heavy (non-hydrogen) atoms. The van der Waals surface area contributed by atoms with Crippen LogP contribution in [-0.2, 0) is 14.1 Å². The van der Waals surface area contributed by atoms with E-state index >= 15 is 0 Å². The van der Waals surface area contributed by atoms with Crippen molar-refractivity contribution in [2.24, 2.45) is 0 Å². The maximum Gasteiger partial charge on any atom is 0.321 e. The Labute approximate surface area is 167 Å². The van der Waals surface area contributed by atoms with Gasteiger partial charge in [0.25, 0.3) is 0 Å². The molecule has 2 aromatic rings. The van der Waals surface area contributed by atoms with Gasteiger partial charge in [-0.1, -0.05) is 41.0 Å². The monoisotopic (exact) mass is 405 g/mol. The number of hydrogen-bond donors (Lipinski definition) is 0. The average Bonchev–Trinajstić information content (AvgIpc) is 2.68. The Morgan fingerprint density at radius 2 is 1.36 bits per heavy atom. The third-order valence-corrected chi connectivity index (χ3v) is 3.71. The van der Waals surface area contributed by atoms with Crippen LogP contribution in [0.1, 0.15) is 42.6 Å². The van der Waals surface area contributed by atoms with Crippen molar-refractivity contribution in [3.8, 4) is 11.5 Å². The zero-order chi connectivity index (χ0) is 21.3. The Balaban J connectivity index is 0.00000190. The van der Waals surface area contributed by atoms with E-state index in [-0.39, 0.29) is 5.56 Å². The number of carbonyl (C=O) groups is 2. The summed E-state index contributed by atoms with van der Waals surface area (Å²) in [5.41, 5.74) is 0.0619. The van der Waals surface area contributed by atoms with Crippen LogP contribution in [0.15, 0.2) is 48.5 Å². The molecule has 150 valence electrons. The van der Waals surface area contributed by atoms with E-state index in [9.17, 15) is 9.59 Å². The van der Waals surface area contributed by atoms with Crippen molar-refractivity contribution >= 4 is 20.9 Å². The normalized spacial score (nSPS) is 11.5. The highest BCUT2D eigenvalue weighted by Crippen LogP contribution is 2.34. The summed E-state index contributed by atoms with van der Waals surface area (Å²) in [6.07, 6.45) is 0. The van der Waals surface area contributed by atoms with E-state index in [1.165, 1.54) is 23.3 Å². The summed E-state index contributed by atoms with van der Waals surface area (Å²) < 4.78 is 24.3. The topological polar surface area (TPSA) is 78.9 Å². The Hall–Kier alpha value is -2.72. The quantitative estimate of drug-likeness (QED) is 0.310. The lowest BCUT2D eigenvalue weighted by Gasteiger charge is -2.24. The molecule has 0 spiro atoms. The lowest BCUT2D eigenvalue weighted by molar-refractivity contribution is -0.155. The number of Topliss-reactive ketones (excluding diaryl/α,β-unsaturated/α-hetero) is 1. The fourth-order valence-corrected chi connectivity index (χ4v) is 2.64. The SMILES string of the molecule is COc1cccc(OC)c1C(=O)C(C(=O)OC(C)(C)C)c1ccccc1.O=[PH2+]. The van der Waals surface area contributed by atoms with Gasteiger partial charge in [-0.25, -0.2) is 0 Å². The van der Waals surface area contributed by atoms with Gasteiger partial charge < -0.3 is 14.2 Å². The van der Waals surface area contributed by atoms with E-state index in [4.69, 9.17) is 18.8 Å². The summed E-state index contributed by atoms with van der Waals surface area (Å²) in [5, 5.41) is 0. The highest BCUT2D eigenvalue weighted by molar-refractivity contribution is 7.00. The summed E-state index contributed by atoms with van der Waals surface area (Å²) in [7, 11) is 4.10. The van der Waals surface area contributed by atoms with Gasteiger partial charge in [-0.3, -0.25) is 9.59 Å². The number of hydrogen-bond acceptors (Lipinski definition) is 6. The minimum Gasteiger partial charge on any atom is -0.496 e. The molecule has 0 aliphatic carbocycles. The predicted molar refractivity (Wildman–Crippen MR) is 109 cm³/mol. The average molecular weight is 405 g/mol. The molecule has 0 fully saturated rings. The van der Waals surface area contributed by atoms with Gasteiger partial charge in [0.05, 0.1) is 14.2 Å².